The van der Waals surface area contributed by atoms with Crippen LogP contribution in [0.3, 0.4) is 0 Å². The van der Waals surface area contributed by atoms with Crippen LogP contribution in [0.4, 0.5) is 14.5 Å². The van der Waals surface area contributed by atoms with Crippen molar-refractivity contribution in [1.82, 2.24) is 9.97 Å². The number of ether oxygens (including phenoxy) is 1. The van der Waals surface area contributed by atoms with E-state index in [1.807, 2.05) is 24.3 Å². The Balaban J connectivity index is 1.74. The van der Waals surface area contributed by atoms with Gasteiger partial charge in [-0.1, -0.05) is 42.1 Å². The first-order valence-corrected chi connectivity index (χ1v) is 8.63. The molecule has 1 amide bonds. The van der Waals surface area contributed by atoms with Crippen molar-refractivity contribution in [3.63, 3.8) is 0 Å². The van der Waals surface area contributed by atoms with E-state index in [0.717, 1.165) is 10.9 Å². The molecule has 2 aromatic carbocycles. The summed E-state index contributed by atoms with van der Waals surface area (Å²) in [5, 5.41) is 3.64. The molecule has 1 aromatic heterocycles. The molecule has 0 aliphatic carbocycles. The molecule has 8 heteroatoms. The summed E-state index contributed by atoms with van der Waals surface area (Å²) in [5.41, 5.74) is 0.978. The number of alkyl halides is 2. The second-order valence-corrected chi connectivity index (χ2v) is 6.65. The van der Waals surface area contributed by atoms with Crippen molar-refractivity contribution in [3.05, 3.63) is 54.9 Å². The van der Waals surface area contributed by atoms with Gasteiger partial charge in [-0.15, -0.1) is 0 Å². The van der Waals surface area contributed by atoms with Crippen LogP contribution in [0.1, 0.15) is 6.92 Å². The Morgan fingerprint density at radius 3 is 2.65 bits per heavy atom. The second kappa shape index (κ2) is 8.09. The third kappa shape index (κ3) is 4.26. The fourth-order valence-electron chi connectivity index (χ4n) is 2.30. The summed E-state index contributed by atoms with van der Waals surface area (Å²) < 4.78 is 29.4. The van der Waals surface area contributed by atoms with Gasteiger partial charge < -0.3 is 10.1 Å². The summed E-state index contributed by atoms with van der Waals surface area (Å²) in [7, 11) is 0. The lowest BCUT2D eigenvalue weighted by molar-refractivity contribution is -0.115. The average Bonchev–Trinajstić information content (AvgIpc) is 2.63. The number of anilines is 1. The quantitative estimate of drug-likeness (QED) is 0.513. The fraction of sp³-hybridized carbons (Fsp3) is 0.167. The molecule has 26 heavy (non-hydrogen) atoms. The van der Waals surface area contributed by atoms with Gasteiger partial charge >= 0.3 is 6.61 Å². The van der Waals surface area contributed by atoms with Gasteiger partial charge in [-0.2, -0.15) is 8.78 Å². The number of nitrogens with one attached hydrogen (secondary N) is 1. The first-order valence-electron chi connectivity index (χ1n) is 7.75. The maximum atomic E-state index is 12.5. The number of para-hydroxylation sites is 3. The Kier molecular flexibility index (Phi) is 5.62. The van der Waals surface area contributed by atoms with Gasteiger partial charge in [0.05, 0.1) is 16.5 Å². The Hall–Kier alpha value is -2.74. The van der Waals surface area contributed by atoms with Crippen molar-refractivity contribution in [3.8, 4) is 5.75 Å². The van der Waals surface area contributed by atoms with Crippen molar-refractivity contribution in [2.75, 3.05) is 5.32 Å². The number of amides is 1. The third-order valence-electron chi connectivity index (χ3n) is 3.52. The molecule has 1 atom stereocenters. The third-order valence-corrected chi connectivity index (χ3v) is 4.64. The van der Waals surface area contributed by atoms with Crippen molar-refractivity contribution in [1.29, 1.82) is 0 Å². The van der Waals surface area contributed by atoms with Crippen LogP contribution < -0.4 is 10.1 Å². The molecule has 5 nitrogen and oxygen atoms in total. The number of carbonyl (C=O) groups is 1. The molecule has 0 aliphatic rings. The van der Waals surface area contributed by atoms with E-state index < -0.39 is 11.9 Å². The van der Waals surface area contributed by atoms with E-state index in [9.17, 15) is 13.6 Å². The normalized spacial score (nSPS) is 12.2. The molecule has 0 spiro atoms. The smallest absolute Gasteiger partial charge is 0.387 e. The van der Waals surface area contributed by atoms with E-state index >= 15 is 0 Å². The SMILES string of the molecule is CC(Sc1ncnc2ccccc12)C(=O)Nc1ccccc1OC(F)F. The van der Waals surface area contributed by atoms with Crippen LogP contribution >= 0.6 is 11.8 Å². The first-order chi connectivity index (χ1) is 12.5. The van der Waals surface area contributed by atoms with E-state index in [-0.39, 0.29) is 17.3 Å². The molecule has 0 radical (unpaired) electrons. The van der Waals surface area contributed by atoms with Gasteiger partial charge in [0.15, 0.2) is 0 Å². The Morgan fingerprint density at radius 2 is 1.85 bits per heavy atom. The molecule has 1 heterocycles. The molecular formula is C18H15F2N3O2S. The van der Waals surface area contributed by atoms with E-state index in [0.29, 0.717) is 5.03 Å². The molecule has 3 aromatic rings. The Labute approximate surface area is 152 Å². The monoisotopic (exact) mass is 375 g/mol. The molecule has 1 unspecified atom stereocenters. The number of hydrogen-bond acceptors (Lipinski definition) is 5. The summed E-state index contributed by atoms with van der Waals surface area (Å²) in [6, 6.07) is 13.6. The molecule has 0 aliphatic heterocycles. The highest BCUT2D eigenvalue weighted by Crippen LogP contribution is 2.30. The molecular weight excluding hydrogens is 360 g/mol. The maximum absolute atomic E-state index is 12.5. The Morgan fingerprint density at radius 1 is 1.12 bits per heavy atom. The minimum atomic E-state index is -2.97. The average molecular weight is 375 g/mol. The lowest BCUT2D eigenvalue weighted by Crippen LogP contribution is -2.23. The van der Waals surface area contributed by atoms with E-state index in [2.05, 4.69) is 20.0 Å². The summed E-state index contributed by atoms with van der Waals surface area (Å²) in [6.45, 7) is -1.25. The first kappa shape index (κ1) is 18.1. The Bertz CT molecular complexity index is 918. The van der Waals surface area contributed by atoms with Gasteiger partial charge in [-0.25, -0.2) is 9.97 Å². The minimum Gasteiger partial charge on any atom is -0.433 e. The van der Waals surface area contributed by atoms with Crippen LogP contribution in [0.15, 0.2) is 59.9 Å². The van der Waals surface area contributed by atoms with Crippen LogP contribution in [-0.2, 0) is 4.79 Å². The highest BCUT2D eigenvalue weighted by molar-refractivity contribution is 8.00. The molecule has 134 valence electrons. The summed E-state index contributed by atoms with van der Waals surface area (Å²) in [6.07, 6.45) is 1.45. The number of rotatable bonds is 6. The highest BCUT2D eigenvalue weighted by atomic mass is 32.2. The molecule has 0 fully saturated rings. The van der Waals surface area contributed by atoms with Crippen LogP contribution in [0, 0.1) is 0 Å². The molecule has 0 bridgehead atoms. The highest BCUT2D eigenvalue weighted by Gasteiger charge is 2.19. The predicted octanol–water partition coefficient (Wildman–Crippen LogP) is 4.35. The zero-order chi connectivity index (χ0) is 18.5. The number of halogens is 2. The van der Waals surface area contributed by atoms with Gasteiger partial charge in [0, 0.05) is 5.39 Å². The molecule has 1 N–H and O–H groups in total. The number of aromatic nitrogens is 2. The van der Waals surface area contributed by atoms with Crippen molar-refractivity contribution in [2.24, 2.45) is 0 Å². The van der Waals surface area contributed by atoms with Gasteiger partial charge in [-0.05, 0) is 25.1 Å². The number of fused-ring (bicyclic) bond motifs is 1. The molecule has 0 saturated carbocycles. The fourth-order valence-corrected chi connectivity index (χ4v) is 3.21. The maximum Gasteiger partial charge on any atom is 0.387 e. The van der Waals surface area contributed by atoms with Crippen LogP contribution in [0.25, 0.3) is 10.9 Å². The van der Waals surface area contributed by atoms with Gasteiger partial charge in [-0.3, -0.25) is 4.79 Å². The van der Waals surface area contributed by atoms with Gasteiger partial charge in [0.1, 0.15) is 17.1 Å². The van der Waals surface area contributed by atoms with Gasteiger partial charge in [0.2, 0.25) is 5.91 Å². The minimum absolute atomic E-state index is 0.0828. The standard InChI is InChI=1S/C18H15F2N3O2S/c1-11(26-17-12-6-2-3-7-13(12)21-10-22-17)16(24)23-14-8-4-5-9-15(14)25-18(19)20/h2-11,18H,1H3,(H,23,24). The number of benzene rings is 2. The van der Waals surface area contributed by atoms with Crippen molar-refractivity contribution < 1.29 is 18.3 Å². The topological polar surface area (TPSA) is 64.1 Å². The number of hydrogen-bond donors (Lipinski definition) is 1. The number of carbonyl (C=O) groups excluding carboxylic acids is 1. The lowest BCUT2D eigenvalue weighted by Gasteiger charge is -2.15. The summed E-state index contributed by atoms with van der Waals surface area (Å²) in [5.74, 6) is -0.427. The number of nitrogens with zero attached hydrogens (tertiary/aromatic N) is 2. The van der Waals surface area contributed by atoms with Gasteiger partial charge in [0.25, 0.3) is 0 Å². The van der Waals surface area contributed by atoms with Crippen molar-refractivity contribution in [2.45, 2.75) is 23.8 Å². The zero-order valence-corrected chi connectivity index (χ0v) is 14.5. The van der Waals surface area contributed by atoms with E-state index in [1.165, 1.54) is 30.2 Å². The molecule has 3 rings (SSSR count). The lowest BCUT2D eigenvalue weighted by atomic mass is 10.2. The van der Waals surface area contributed by atoms with E-state index in [1.54, 1.807) is 19.1 Å². The summed E-state index contributed by atoms with van der Waals surface area (Å²) >= 11 is 1.27. The van der Waals surface area contributed by atoms with Crippen LogP contribution in [0.5, 0.6) is 5.75 Å². The zero-order valence-electron chi connectivity index (χ0n) is 13.7. The predicted molar refractivity (Wildman–Crippen MR) is 96.6 cm³/mol. The van der Waals surface area contributed by atoms with Crippen LogP contribution in [-0.4, -0.2) is 27.7 Å². The number of thioether (sulfide) groups is 1. The van der Waals surface area contributed by atoms with E-state index in [4.69, 9.17) is 0 Å². The van der Waals surface area contributed by atoms with Crippen molar-refractivity contribution >= 4 is 34.3 Å². The second-order valence-electron chi connectivity index (χ2n) is 5.32. The molecule has 0 saturated heterocycles. The summed E-state index contributed by atoms with van der Waals surface area (Å²) in [4.78, 5) is 20.9. The largest absolute Gasteiger partial charge is 0.433 e. The van der Waals surface area contributed by atoms with Crippen LogP contribution in [0.2, 0.25) is 0 Å².